The molecule has 0 aliphatic carbocycles. The first-order valence-corrected chi connectivity index (χ1v) is 7.85. The van der Waals surface area contributed by atoms with Crippen molar-refractivity contribution in [1.82, 2.24) is 9.36 Å². The number of nitrogen functional groups attached to an aromatic ring is 1. The van der Waals surface area contributed by atoms with Crippen molar-refractivity contribution >= 4 is 33.7 Å². The minimum Gasteiger partial charge on any atom is -0.382 e. The summed E-state index contributed by atoms with van der Waals surface area (Å²) in [5, 5.41) is 7.32. The van der Waals surface area contributed by atoms with Gasteiger partial charge in [-0.25, -0.2) is 4.98 Å². The second kappa shape index (κ2) is 5.60. The molecule has 0 amide bonds. The van der Waals surface area contributed by atoms with Gasteiger partial charge in [0.05, 0.1) is 5.56 Å². The molecule has 0 saturated carbocycles. The number of thiazole rings is 1. The van der Waals surface area contributed by atoms with Crippen LogP contribution in [0.4, 0.5) is 10.8 Å². The van der Waals surface area contributed by atoms with E-state index in [-0.39, 0.29) is 0 Å². The van der Waals surface area contributed by atoms with Crippen molar-refractivity contribution in [3.8, 4) is 10.6 Å². The minimum absolute atomic E-state index is 0.542. The first-order chi connectivity index (χ1) is 9.74. The van der Waals surface area contributed by atoms with E-state index in [4.69, 9.17) is 5.73 Å². The van der Waals surface area contributed by atoms with Gasteiger partial charge in [0, 0.05) is 17.6 Å². The molecule has 0 fully saturated rings. The molecule has 102 valence electrons. The standard InChI is InChI=1S/C14H14N4S2/c1-9-8-19-14(17-9)11-12(15)18-20-13(11)16-7-10-5-3-2-4-6-10/h2-6,8,16H,7H2,1H3,(H2,15,18). The maximum Gasteiger partial charge on any atom is 0.149 e. The van der Waals surface area contributed by atoms with E-state index in [9.17, 15) is 0 Å². The van der Waals surface area contributed by atoms with Crippen LogP contribution in [-0.2, 0) is 6.54 Å². The van der Waals surface area contributed by atoms with Crippen LogP contribution >= 0.6 is 22.9 Å². The van der Waals surface area contributed by atoms with Crippen molar-refractivity contribution < 1.29 is 0 Å². The smallest absolute Gasteiger partial charge is 0.149 e. The average molecular weight is 302 g/mol. The summed E-state index contributed by atoms with van der Waals surface area (Å²) in [6.45, 7) is 2.73. The number of hydrogen-bond acceptors (Lipinski definition) is 6. The summed E-state index contributed by atoms with van der Waals surface area (Å²) in [6.07, 6.45) is 0. The lowest BCUT2D eigenvalue weighted by Crippen LogP contribution is -1.99. The maximum atomic E-state index is 5.98. The topological polar surface area (TPSA) is 63.8 Å². The fourth-order valence-corrected chi connectivity index (χ4v) is 3.51. The highest BCUT2D eigenvalue weighted by Gasteiger charge is 2.16. The van der Waals surface area contributed by atoms with Crippen molar-refractivity contribution in [2.75, 3.05) is 11.1 Å². The summed E-state index contributed by atoms with van der Waals surface area (Å²) in [6, 6.07) is 10.2. The number of aryl methyl sites for hydroxylation is 1. The van der Waals surface area contributed by atoms with Crippen LogP contribution in [0.25, 0.3) is 10.6 Å². The van der Waals surface area contributed by atoms with E-state index in [0.717, 1.165) is 27.8 Å². The summed E-state index contributed by atoms with van der Waals surface area (Å²) in [5.41, 5.74) is 9.13. The van der Waals surface area contributed by atoms with Gasteiger partial charge in [-0.05, 0) is 24.0 Å². The lowest BCUT2D eigenvalue weighted by Gasteiger charge is -2.05. The van der Waals surface area contributed by atoms with Gasteiger partial charge in [0.25, 0.3) is 0 Å². The molecule has 1 aromatic carbocycles. The van der Waals surface area contributed by atoms with E-state index in [2.05, 4.69) is 26.8 Å². The van der Waals surface area contributed by atoms with Gasteiger partial charge in [-0.3, -0.25) is 0 Å². The van der Waals surface area contributed by atoms with E-state index in [0.29, 0.717) is 5.82 Å². The Morgan fingerprint density at radius 2 is 2.05 bits per heavy atom. The molecule has 20 heavy (non-hydrogen) atoms. The number of anilines is 2. The van der Waals surface area contributed by atoms with E-state index < -0.39 is 0 Å². The molecular formula is C14H14N4S2. The van der Waals surface area contributed by atoms with Crippen LogP contribution in [0.3, 0.4) is 0 Å². The van der Waals surface area contributed by atoms with Crippen LogP contribution < -0.4 is 11.1 Å². The van der Waals surface area contributed by atoms with Crippen molar-refractivity contribution in [2.45, 2.75) is 13.5 Å². The van der Waals surface area contributed by atoms with E-state index in [1.807, 2.05) is 30.5 Å². The van der Waals surface area contributed by atoms with Crippen LogP contribution in [0.15, 0.2) is 35.7 Å². The fourth-order valence-electron chi connectivity index (χ4n) is 1.88. The number of aromatic nitrogens is 2. The normalized spacial score (nSPS) is 10.7. The summed E-state index contributed by atoms with van der Waals surface area (Å²) < 4.78 is 4.24. The minimum atomic E-state index is 0.542. The molecule has 3 aromatic rings. The highest BCUT2D eigenvalue weighted by molar-refractivity contribution is 7.15. The van der Waals surface area contributed by atoms with Crippen molar-refractivity contribution in [3.63, 3.8) is 0 Å². The molecule has 3 N–H and O–H groups in total. The number of nitrogens with zero attached hydrogens (tertiary/aromatic N) is 2. The largest absolute Gasteiger partial charge is 0.382 e. The van der Waals surface area contributed by atoms with Crippen LogP contribution in [0.5, 0.6) is 0 Å². The third-order valence-electron chi connectivity index (χ3n) is 2.85. The molecule has 0 spiro atoms. The Kier molecular flexibility index (Phi) is 3.66. The molecule has 6 heteroatoms. The Morgan fingerprint density at radius 1 is 1.25 bits per heavy atom. The first-order valence-electron chi connectivity index (χ1n) is 6.19. The number of rotatable bonds is 4. The zero-order valence-electron chi connectivity index (χ0n) is 11.0. The summed E-state index contributed by atoms with van der Waals surface area (Å²) in [7, 11) is 0. The number of hydrogen-bond donors (Lipinski definition) is 2. The Labute approximate surface area is 125 Å². The van der Waals surface area contributed by atoms with Gasteiger partial charge < -0.3 is 11.1 Å². The second-order valence-corrected chi connectivity index (χ2v) is 6.04. The SMILES string of the molecule is Cc1csc(-c2c(N)nsc2NCc2ccccc2)n1. The molecule has 2 heterocycles. The van der Waals surface area contributed by atoms with Crippen LogP contribution in [0.1, 0.15) is 11.3 Å². The predicted molar refractivity (Wildman–Crippen MR) is 86.1 cm³/mol. The van der Waals surface area contributed by atoms with E-state index >= 15 is 0 Å². The Morgan fingerprint density at radius 3 is 2.75 bits per heavy atom. The Balaban J connectivity index is 1.84. The Hall–Kier alpha value is -1.92. The van der Waals surface area contributed by atoms with E-state index in [1.165, 1.54) is 17.1 Å². The highest BCUT2D eigenvalue weighted by Crippen LogP contribution is 2.38. The average Bonchev–Trinajstić information content (AvgIpc) is 3.03. The Bertz CT molecular complexity index is 703. The quantitative estimate of drug-likeness (QED) is 0.770. The van der Waals surface area contributed by atoms with Gasteiger partial charge in [-0.1, -0.05) is 30.3 Å². The summed E-state index contributed by atoms with van der Waals surface area (Å²) in [5.74, 6) is 0.542. The summed E-state index contributed by atoms with van der Waals surface area (Å²) in [4.78, 5) is 4.49. The van der Waals surface area contributed by atoms with Crippen molar-refractivity contribution in [1.29, 1.82) is 0 Å². The zero-order valence-corrected chi connectivity index (χ0v) is 12.6. The molecule has 0 atom stereocenters. The molecule has 0 aliphatic heterocycles. The molecule has 0 radical (unpaired) electrons. The summed E-state index contributed by atoms with van der Waals surface area (Å²) >= 11 is 2.97. The first kappa shape index (κ1) is 13.1. The van der Waals surface area contributed by atoms with Gasteiger partial charge in [0.2, 0.25) is 0 Å². The maximum absolute atomic E-state index is 5.98. The van der Waals surface area contributed by atoms with Gasteiger partial charge in [-0.15, -0.1) is 11.3 Å². The lowest BCUT2D eigenvalue weighted by atomic mass is 10.2. The molecule has 3 rings (SSSR count). The third-order valence-corrected chi connectivity index (χ3v) is 4.64. The van der Waals surface area contributed by atoms with Gasteiger partial charge in [0.15, 0.2) is 0 Å². The van der Waals surface area contributed by atoms with Crippen molar-refractivity contribution in [2.24, 2.45) is 0 Å². The molecule has 2 aromatic heterocycles. The van der Waals surface area contributed by atoms with Crippen LogP contribution in [-0.4, -0.2) is 9.36 Å². The van der Waals surface area contributed by atoms with Gasteiger partial charge in [-0.2, -0.15) is 4.37 Å². The monoisotopic (exact) mass is 302 g/mol. The van der Waals surface area contributed by atoms with Crippen LogP contribution in [0.2, 0.25) is 0 Å². The zero-order chi connectivity index (χ0) is 13.9. The van der Waals surface area contributed by atoms with Gasteiger partial charge in [0.1, 0.15) is 15.8 Å². The molecule has 0 bridgehead atoms. The molecular weight excluding hydrogens is 288 g/mol. The third kappa shape index (κ3) is 2.66. The molecule has 0 unspecified atom stereocenters. The lowest BCUT2D eigenvalue weighted by molar-refractivity contribution is 1.16. The number of nitrogens with two attached hydrogens (primary N) is 1. The molecule has 0 saturated heterocycles. The predicted octanol–water partition coefficient (Wildman–Crippen LogP) is 3.77. The molecule has 0 aliphatic rings. The fraction of sp³-hybridized carbons (Fsp3) is 0.143. The van der Waals surface area contributed by atoms with Crippen LogP contribution in [0, 0.1) is 6.92 Å². The van der Waals surface area contributed by atoms with Crippen molar-refractivity contribution in [3.05, 3.63) is 47.0 Å². The number of benzene rings is 1. The second-order valence-electron chi connectivity index (χ2n) is 4.41. The highest BCUT2D eigenvalue weighted by atomic mass is 32.1. The number of nitrogens with one attached hydrogen (secondary N) is 1. The molecule has 4 nitrogen and oxygen atoms in total. The van der Waals surface area contributed by atoms with Gasteiger partial charge >= 0.3 is 0 Å². The van der Waals surface area contributed by atoms with E-state index in [1.54, 1.807) is 11.3 Å².